The zero-order valence-electron chi connectivity index (χ0n) is 45.4. The van der Waals surface area contributed by atoms with Gasteiger partial charge in [-0.1, -0.05) is 186 Å². The molecule has 364 valence electrons. The third-order valence-electron chi connectivity index (χ3n) is 19.9. The fourth-order valence-electron chi connectivity index (χ4n) is 15.3. The Morgan fingerprint density at radius 2 is 1.07 bits per heavy atom. The molecule has 4 heteroatoms. The van der Waals surface area contributed by atoms with Crippen LogP contribution in [0.3, 0.4) is 0 Å². The molecule has 6 aliphatic rings. The number of fused-ring (bicyclic) bond motifs is 12. The molecule has 0 bridgehead atoms. The maximum absolute atomic E-state index is 2.94. The van der Waals surface area contributed by atoms with Crippen LogP contribution in [0.2, 0.25) is 0 Å². The summed E-state index contributed by atoms with van der Waals surface area (Å²) >= 11 is 0. The Morgan fingerprint density at radius 3 is 1.78 bits per heavy atom. The van der Waals surface area contributed by atoms with E-state index in [1.807, 2.05) is 0 Å². The molecule has 0 amide bonds. The molecule has 2 aliphatic carbocycles. The molecule has 0 saturated heterocycles. The van der Waals surface area contributed by atoms with E-state index >= 15 is 0 Å². The van der Waals surface area contributed by atoms with Gasteiger partial charge in [-0.05, 0) is 165 Å². The van der Waals surface area contributed by atoms with Crippen LogP contribution < -0.4 is 31.1 Å². The van der Waals surface area contributed by atoms with Gasteiger partial charge in [-0.25, -0.2) is 0 Å². The third-order valence-corrected chi connectivity index (χ3v) is 19.9. The van der Waals surface area contributed by atoms with Crippen molar-refractivity contribution in [3.05, 3.63) is 178 Å². The molecule has 72 heavy (non-hydrogen) atoms. The van der Waals surface area contributed by atoms with Crippen LogP contribution in [0.4, 0.5) is 39.8 Å². The van der Waals surface area contributed by atoms with Crippen molar-refractivity contribution in [2.24, 2.45) is 0 Å². The summed E-state index contributed by atoms with van der Waals surface area (Å²) < 4.78 is 0. The maximum Gasteiger partial charge on any atom is 0.252 e. The van der Waals surface area contributed by atoms with Crippen molar-refractivity contribution in [1.29, 1.82) is 0 Å². The minimum atomic E-state index is -0.356. The molecular weight excluding hydrogens is 870 g/mol. The Morgan fingerprint density at radius 1 is 0.444 bits per heavy atom. The summed E-state index contributed by atoms with van der Waals surface area (Å²) in [6.07, 6.45) is 6.98. The highest BCUT2D eigenvalue weighted by molar-refractivity contribution is 7.00. The Balaban J connectivity index is 1.17. The van der Waals surface area contributed by atoms with Crippen molar-refractivity contribution in [2.75, 3.05) is 14.7 Å². The van der Waals surface area contributed by atoms with Crippen molar-refractivity contribution in [2.45, 2.75) is 167 Å². The number of aryl methyl sites for hydroxylation is 1. The van der Waals surface area contributed by atoms with E-state index in [4.69, 9.17) is 0 Å². The van der Waals surface area contributed by atoms with Crippen LogP contribution in [0.5, 0.6) is 0 Å². The van der Waals surface area contributed by atoms with E-state index in [9.17, 15) is 0 Å². The second-order valence-electron chi connectivity index (χ2n) is 26.8. The summed E-state index contributed by atoms with van der Waals surface area (Å²) in [6, 6.07) is 55.9. The van der Waals surface area contributed by atoms with Gasteiger partial charge in [-0.15, -0.1) is 0 Å². The lowest BCUT2D eigenvalue weighted by atomic mass is 9.33. The first-order chi connectivity index (χ1) is 34.1. The summed E-state index contributed by atoms with van der Waals surface area (Å²) in [4.78, 5) is 8.46. The molecule has 4 aliphatic heterocycles. The van der Waals surface area contributed by atoms with Crippen molar-refractivity contribution in [3.8, 4) is 11.1 Å². The van der Waals surface area contributed by atoms with Crippen LogP contribution in [-0.4, -0.2) is 12.3 Å². The minimum Gasteiger partial charge on any atom is -0.335 e. The molecule has 0 aromatic heterocycles. The fraction of sp³-hybridized carbons (Fsp3) is 0.382. The molecule has 4 heterocycles. The predicted molar refractivity (Wildman–Crippen MR) is 308 cm³/mol. The van der Waals surface area contributed by atoms with E-state index in [-0.39, 0.29) is 44.9 Å². The first-order valence-corrected chi connectivity index (χ1v) is 27.4. The monoisotopic (exact) mass is 944 g/mol. The second-order valence-corrected chi connectivity index (χ2v) is 26.8. The average Bonchev–Trinajstić information content (AvgIpc) is 3.70. The van der Waals surface area contributed by atoms with Gasteiger partial charge in [-0.2, -0.15) is 0 Å². The summed E-state index contributed by atoms with van der Waals surface area (Å²) in [5.41, 5.74) is 25.7. The normalized spacial score (nSPS) is 24.5. The van der Waals surface area contributed by atoms with E-state index in [0.29, 0.717) is 0 Å². The smallest absolute Gasteiger partial charge is 0.252 e. The van der Waals surface area contributed by atoms with Gasteiger partial charge in [0.1, 0.15) is 0 Å². The van der Waals surface area contributed by atoms with Crippen molar-refractivity contribution < 1.29 is 0 Å². The van der Waals surface area contributed by atoms with E-state index in [1.54, 1.807) is 0 Å². The SMILES string of the molecule is CC(C)(C)c1ccc(N2c3ccc(C(C)(C)C)cc3B3c4cc(-c5ccccc5)cc5c4N(c4cc(N6c7ccc(C(C)(C)C)cc7C7(C)CCc8ccccc8C67C)cc2c43)C2(C)CCCCC52C)cc1. The molecule has 0 spiro atoms. The standard InChI is InChI=1S/C68H74BN3/c1-62(2,3)46-25-29-49(30-26-46)70-57-32-28-48(64(7,8)9)40-54(57)69-55-38-45(43-21-15-14-16-22-43)37-53-61(55)72(67(12)35-20-19-34-65(53,67)10)59-42-50(41-58(70)60(59)69)71-56-31-27-47(63(4,5)6)39-52(56)66(11)36-33-44-23-17-18-24-51(44)68(66,71)13/h14-18,21-32,37-42H,19-20,33-36H2,1-13H3. The number of nitrogens with zero attached hydrogens (tertiary/aromatic N) is 3. The quantitative estimate of drug-likeness (QED) is 0.163. The molecule has 7 aromatic rings. The highest BCUT2D eigenvalue weighted by Crippen LogP contribution is 2.66. The Labute approximate surface area is 431 Å². The van der Waals surface area contributed by atoms with Crippen molar-refractivity contribution >= 4 is 62.9 Å². The predicted octanol–water partition coefficient (Wildman–Crippen LogP) is 15.9. The zero-order chi connectivity index (χ0) is 50.3. The molecule has 7 aromatic carbocycles. The van der Waals surface area contributed by atoms with Gasteiger partial charge in [0.2, 0.25) is 0 Å². The van der Waals surface area contributed by atoms with Crippen molar-refractivity contribution in [3.63, 3.8) is 0 Å². The van der Waals surface area contributed by atoms with Crippen LogP contribution in [0.15, 0.2) is 140 Å². The molecule has 0 radical (unpaired) electrons. The van der Waals surface area contributed by atoms with Crippen LogP contribution in [-0.2, 0) is 39.0 Å². The number of hydrogen-bond acceptors (Lipinski definition) is 3. The molecule has 4 atom stereocenters. The highest BCUT2D eigenvalue weighted by atomic mass is 15.3. The van der Waals surface area contributed by atoms with E-state index in [2.05, 4.69) is 244 Å². The molecule has 0 N–H and O–H groups in total. The Kier molecular flexibility index (Phi) is 9.44. The molecule has 3 nitrogen and oxygen atoms in total. The third kappa shape index (κ3) is 5.99. The van der Waals surface area contributed by atoms with Gasteiger partial charge in [0.25, 0.3) is 6.71 Å². The summed E-state index contributed by atoms with van der Waals surface area (Å²) in [7, 11) is 0. The van der Waals surface area contributed by atoms with E-state index in [1.165, 1.54) is 126 Å². The highest BCUT2D eigenvalue weighted by Gasteiger charge is 2.63. The molecule has 1 fully saturated rings. The molecule has 1 saturated carbocycles. The number of benzene rings is 7. The minimum absolute atomic E-state index is 0.0272. The van der Waals surface area contributed by atoms with Gasteiger partial charge in [0.05, 0.1) is 11.1 Å². The van der Waals surface area contributed by atoms with Crippen LogP contribution in [0.25, 0.3) is 11.1 Å². The molecular formula is C68H74BN3. The van der Waals surface area contributed by atoms with Gasteiger partial charge in [0.15, 0.2) is 0 Å². The lowest BCUT2D eigenvalue weighted by molar-refractivity contribution is 0.195. The van der Waals surface area contributed by atoms with E-state index in [0.717, 1.165) is 19.3 Å². The summed E-state index contributed by atoms with van der Waals surface area (Å²) in [6.45, 7) is 31.8. The molecule has 4 unspecified atom stereocenters. The first kappa shape index (κ1) is 45.8. The second kappa shape index (κ2) is 14.8. The number of rotatable bonds is 3. The fourth-order valence-corrected chi connectivity index (χ4v) is 15.3. The topological polar surface area (TPSA) is 9.72 Å². The van der Waals surface area contributed by atoms with Crippen LogP contribution in [0, 0.1) is 0 Å². The lowest BCUT2D eigenvalue weighted by Gasteiger charge is -2.54. The van der Waals surface area contributed by atoms with Gasteiger partial charge >= 0.3 is 0 Å². The van der Waals surface area contributed by atoms with Gasteiger partial charge in [-0.3, -0.25) is 0 Å². The summed E-state index contributed by atoms with van der Waals surface area (Å²) in [5, 5.41) is 0. The van der Waals surface area contributed by atoms with Crippen LogP contribution in [0.1, 0.15) is 161 Å². The summed E-state index contributed by atoms with van der Waals surface area (Å²) in [5.74, 6) is 0. The van der Waals surface area contributed by atoms with Gasteiger partial charge in [0, 0.05) is 50.6 Å². The van der Waals surface area contributed by atoms with Gasteiger partial charge < -0.3 is 14.7 Å². The first-order valence-electron chi connectivity index (χ1n) is 27.4. The lowest BCUT2D eigenvalue weighted by Crippen LogP contribution is -2.64. The van der Waals surface area contributed by atoms with Crippen molar-refractivity contribution in [1.82, 2.24) is 0 Å². The zero-order valence-corrected chi connectivity index (χ0v) is 45.4. The maximum atomic E-state index is 2.94. The number of anilines is 7. The Bertz CT molecular complexity index is 3400. The average molecular weight is 944 g/mol. The van der Waals surface area contributed by atoms with Crippen LogP contribution >= 0.6 is 0 Å². The number of hydrogen-bond donors (Lipinski definition) is 0. The Hall–Kier alpha value is -6.00. The van der Waals surface area contributed by atoms with E-state index < -0.39 is 0 Å². The molecule has 13 rings (SSSR count). The largest absolute Gasteiger partial charge is 0.335 e.